The van der Waals surface area contributed by atoms with Gasteiger partial charge in [-0.25, -0.2) is 13.2 Å². The Morgan fingerprint density at radius 3 is 2.24 bits per heavy atom. The van der Waals surface area contributed by atoms with Crippen LogP contribution in [-0.4, -0.2) is 26.1 Å². The minimum Gasteiger partial charge on any atom is -0.462 e. The molecular formula is C26H22ClN3O4S3. The lowest BCUT2D eigenvalue weighted by molar-refractivity contribution is 0.0528. The topological polar surface area (TPSA) is 96.5 Å². The molecule has 0 fully saturated rings. The maximum atomic E-state index is 12.7. The molecule has 0 aliphatic carbocycles. The molecule has 4 rings (SSSR count). The van der Waals surface area contributed by atoms with Gasteiger partial charge in [0.05, 0.1) is 17.1 Å². The SMILES string of the molecule is CCOC(=O)c1cc(-c2ccccc2)sc1NC(=S)Nc1ccc(S(=O)(=O)Nc2ccc(Cl)cc2)cc1. The lowest BCUT2D eigenvalue weighted by Crippen LogP contribution is -2.20. The van der Waals surface area contributed by atoms with Crippen LogP contribution in [0.15, 0.2) is 89.8 Å². The number of hydrogen-bond donors (Lipinski definition) is 3. The zero-order chi connectivity index (χ0) is 26.4. The van der Waals surface area contributed by atoms with E-state index in [1.165, 1.54) is 23.5 Å². The smallest absolute Gasteiger partial charge is 0.341 e. The monoisotopic (exact) mass is 571 g/mol. The Morgan fingerprint density at radius 2 is 1.59 bits per heavy atom. The van der Waals surface area contributed by atoms with Crippen LogP contribution < -0.4 is 15.4 Å². The summed E-state index contributed by atoms with van der Waals surface area (Å²) in [5, 5.41) is 7.38. The number of nitrogens with one attached hydrogen (secondary N) is 3. The van der Waals surface area contributed by atoms with Gasteiger partial charge in [-0.05, 0) is 79.3 Å². The average Bonchev–Trinajstić information content (AvgIpc) is 3.30. The molecule has 3 aromatic carbocycles. The van der Waals surface area contributed by atoms with Crippen LogP contribution in [-0.2, 0) is 14.8 Å². The summed E-state index contributed by atoms with van der Waals surface area (Å²) in [6.45, 7) is 2.00. The van der Waals surface area contributed by atoms with E-state index < -0.39 is 16.0 Å². The Balaban J connectivity index is 1.47. The highest BCUT2D eigenvalue weighted by Gasteiger charge is 2.19. The van der Waals surface area contributed by atoms with Crippen molar-refractivity contribution in [2.75, 3.05) is 22.0 Å². The normalized spacial score (nSPS) is 11.0. The van der Waals surface area contributed by atoms with Crippen molar-refractivity contribution in [2.45, 2.75) is 11.8 Å². The summed E-state index contributed by atoms with van der Waals surface area (Å²) in [6, 6.07) is 23.9. The first-order chi connectivity index (χ1) is 17.7. The fourth-order valence-corrected chi connectivity index (χ4v) is 5.83. The highest BCUT2D eigenvalue weighted by Crippen LogP contribution is 2.36. The second-order valence-corrected chi connectivity index (χ2v) is 11.2. The number of rotatable bonds is 8. The molecule has 0 amide bonds. The molecule has 0 unspecified atom stereocenters. The van der Waals surface area contributed by atoms with Gasteiger partial charge in [0.1, 0.15) is 5.00 Å². The number of halogens is 1. The average molecular weight is 572 g/mol. The summed E-state index contributed by atoms with van der Waals surface area (Å²) in [4.78, 5) is 13.5. The van der Waals surface area contributed by atoms with E-state index in [2.05, 4.69) is 15.4 Å². The molecule has 37 heavy (non-hydrogen) atoms. The van der Waals surface area contributed by atoms with E-state index in [4.69, 9.17) is 28.6 Å². The number of sulfonamides is 1. The fraction of sp³-hybridized carbons (Fsp3) is 0.0769. The molecule has 1 aromatic heterocycles. The van der Waals surface area contributed by atoms with Gasteiger partial charge in [-0.3, -0.25) is 4.72 Å². The molecule has 0 atom stereocenters. The molecule has 0 bridgehead atoms. The Hall–Kier alpha value is -3.44. The largest absolute Gasteiger partial charge is 0.462 e. The first kappa shape index (κ1) is 26.6. The molecule has 7 nitrogen and oxygen atoms in total. The maximum absolute atomic E-state index is 12.7. The molecular weight excluding hydrogens is 550 g/mol. The molecule has 0 saturated heterocycles. The molecule has 0 spiro atoms. The third kappa shape index (κ3) is 6.86. The summed E-state index contributed by atoms with van der Waals surface area (Å²) in [5.74, 6) is -0.450. The van der Waals surface area contributed by atoms with E-state index in [9.17, 15) is 13.2 Å². The van der Waals surface area contributed by atoms with Gasteiger partial charge in [0.2, 0.25) is 0 Å². The number of carbonyl (C=O) groups excluding carboxylic acids is 1. The molecule has 0 radical (unpaired) electrons. The number of ether oxygens (including phenoxy) is 1. The van der Waals surface area contributed by atoms with Crippen molar-refractivity contribution in [3.05, 3.63) is 95.5 Å². The predicted octanol–water partition coefficient (Wildman–Crippen LogP) is 6.85. The van der Waals surface area contributed by atoms with Crippen LogP contribution >= 0.6 is 35.2 Å². The number of benzene rings is 3. The zero-order valence-electron chi connectivity index (χ0n) is 19.5. The number of thiophene rings is 1. The Morgan fingerprint density at radius 1 is 0.946 bits per heavy atom. The minimum atomic E-state index is -3.78. The van der Waals surface area contributed by atoms with Crippen molar-refractivity contribution in [3.8, 4) is 10.4 Å². The summed E-state index contributed by atoms with van der Waals surface area (Å²) in [5.41, 5.74) is 2.32. The van der Waals surface area contributed by atoms with Crippen LogP contribution in [0.5, 0.6) is 0 Å². The zero-order valence-corrected chi connectivity index (χ0v) is 22.7. The quantitative estimate of drug-likeness (QED) is 0.157. The van der Waals surface area contributed by atoms with Crippen LogP contribution in [0.1, 0.15) is 17.3 Å². The molecule has 0 saturated carbocycles. The van der Waals surface area contributed by atoms with Gasteiger partial charge in [-0.1, -0.05) is 41.9 Å². The summed E-state index contributed by atoms with van der Waals surface area (Å²) >= 11 is 12.7. The molecule has 190 valence electrons. The van der Waals surface area contributed by atoms with Gasteiger partial charge in [-0.15, -0.1) is 11.3 Å². The van der Waals surface area contributed by atoms with Crippen molar-refractivity contribution in [2.24, 2.45) is 0 Å². The van der Waals surface area contributed by atoms with Gasteiger partial charge >= 0.3 is 5.97 Å². The lowest BCUT2D eigenvalue weighted by Gasteiger charge is -2.12. The van der Waals surface area contributed by atoms with Gasteiger partial charge < -0.3 is 15.4 Å². The second-order valence-electron chi connectivity index (χ2n) is 7.66. The highest BCUT2D eigenvalue weighted by molar-refractivity contribution is 7.92. The Kier molecular flexibility index (Phi) is 8.45. The Labute approximate surface area is 229 Å². The Bertz CT molecular complexity index is 1510. The molecule has 3 N–H and O–H groups in total. The van der Waals surface area contributed by atoms with E-state index in [-0.39, 0.29) is 16.6 Å². The third-order valence-corrected chi connectivity index (χ3v) is 7.98. The van der Waals surface area contributed by atoms with E-state index in [1.54, 1.807) is 49.4 Å². The second kappa shape index (κ2) is 11.7. The van der Waals surface area contributed by atoms with E-state index in [0.717, 1.165) is 10.4 Å². The van der Waals surface area contributed by atoms with Crippen LogP contribution in [0.3, 0.4) is 0 Å². The number of anilines is 3. The number of thiocarbonyl (C=S) groups is 1. The van der Waals surface area contributed by atoms with Gasteiger partial charge in [0, 0.05) is 21.3 Å². The van der Waals surface area contributed by atoms with Gasteiger partial charge in [0.25, 0.3) is 10.0 Å². The first-order valence-electron chi connectivity index (χ1n) is 11.1. The van der Waals surface area contributed by atoms with Crippen molar-refractivity contribution < 1.29 is 17.9 Å². The number of carbonyl (C=O) groups is 1. The van der Waals surface area contributed by atoms with Crippen LogP contribution in [0.2, 0.25) is 5.02 Å². The van der Waals surface area contributed by atoms with Crippen LogP contribution in [0, 0.1) is 0 Å². The highest BCUT2D eigenvalue weighted by atomic mass is 35.5. The van der Waals surface area contributed by atoms with Crippen molar-refractivity contribution in [3.63, 3.8) is 0 Å². The van der Waals surface area contributed by atoms with Crippen molar-refractivity contribution in [1.29, 1.82) is 0 Å². The van der Waals surface area contributed by atoms with E-state index in [1.807, 2.05) is 30.3 Å². The predicted molar refractivity (Wildman–Crippen MR) is 154 cm³/mol. The molecule has 0 aliphatic rings. The van der Waals surface area contributed by atoms with Gasteiger partial charge in [0.15, 0.2) is 5.11 Å². The van der Waals surface area contributed by atoms with Crippen LogP contribution in [0.4, 0.5) is 16.4 Å². The minimum absolute atomic E-state index is 0.0854. The van der Waals surface area contributed by atoms with Crippen LogP contribution in [0.25, 0.3) is 10.4 Å². The molecule has 11 heteroatoms. The number of esters is 1. The molecule has 0 aliphatic heterocycles. The maximum Gasteiger partial charge on any atom is 0.341 e. The lowest BCUT2D eigenvalue weighted by atomic mass is 10.1. The fourth-order valence-electron chi connectivity index (χ4n) is 3.30. The third-order valence-electron chi connectivity index (χ3n) is 5.03. The molecule has 1 heterocycles. The molecule has 4 aromatic rings. The van der Waals surface area contributed by atoms with Crippen molar-refractivity contribution in [1.82, 2.24) is 0 Å². The first-order valence-corrected chi connectivity index (χ1v) is 14.2. The van der Waals surface area contributed by atoms with E-state index in [0.29, 0.717) is 27.0 Å². The van der Waals surface area contributed by atoms with Gasteiger partial charge in [-0.2, -0.15) is 0 Å². The number of hydrogen-bond acceptors (Lipinski definition) is 6. The summed E-state index contributed by atoms with van der Waals surface area (Å²) in [6.07, 6.45) is 0. The van der Waals surface area contributed by atoms with E-state index >= 15 is 0 Å². The summed E-state index contributed by atoms with van der Waals surface area (Å²) < 4.78 is 33.1. The van der Waals surface area contributed by atoms with Crippen molar-refractivity contribution >= 4 is 72.6 Å². The summed E-state index contributed by atoms with van der Waals surface area (Å²) in [7, 11) is -3.78. The standard InChI is InChI=1S/C26H22ClN3O4S3/c1-2-34-25(31)22-16-23(17-6-4-3-5-7-17)36-24(22)29-26(35)28-19-12-14-21(15-13-19)37(32,33)30-20-10-8-18(27)9-11-20/h3-16,30H,2H2,1H3,(H2,28,29,35).